The van der Waals surface area contributed by atoms with Crippen LogP contribution in [0.4, 0.5) is 0 Å². The Kier molecular flexibility index (Phi) is 5.26. The van der Waals surface area contributed by atoms with E-state index >= 15 is 0 Å². The van der Waals surface area contributed by atoms with Gasteiger partial charge in [-0.05, 0) is 62.1 Å². The van der Waals surface area contributed by atoms with Crippen molar-refractivity contribution in [3.63, 3.8) is 0 Å². The number of carboxylic acid groups (broad SMARTS) is 1. The Morgan fingerprint density at radius 2 is 2.04 bits per heavy atom. The number of hydrogen-bond acceptors (Lipinski definition) is 3. The number of piperidine rings is 1. The third-order valence-electron chi connectivity index (χ3n) is 4.76. The number of carboxylic acids is 1. The summed E-state index contributed by atoms with van der Waals surface area (Å²) < 4.78 is 0. The monoisotopic (exact) mass is 324 g/mol. The predicted octanol–water partition coefficient (Wildman–Crippen LogP) is 3.51. The molecule has 1 saturated heterocycles. The number of aromatic nitrogens is 1. The third-order valence-corrected chi connectivity index (χ3v) is 4.76. The molecule has 3 rings (SSSR count). The van der Waals surface area contributed by atoms with Crippen LogP contribution in [0.1, 0.15) is 46.1 Å². The van der Waals surface area contributed by atoms with Crippen LogP contribution in [-0.2, 0) is 6.42 Å². The highest BCUT2D eigenvalue weighted by Gasteiger charge is 2.21. The van der Waals surface area contributed by atoms with Crippen LogP contribution in [0.15, 0.2) is 42.5 Å². The lowest BCUT2D eigenvalue weighted by molar-refractivity contribution is 0.0697. The Morgan fingerprint density at radius 1 is 1.25 bits per heavy atom. The Bertz CT molecular complexity index is 697. The largest absolute Gasteiger partial charge is 0.478 e. The molecule has 1 aromatic carbocycles. The van der Waals surface area contributed by atoms with Crippen molar-refractivity contribution in [2.24, 2.45) is 0 Å². The highest BCUT2D eigenvalue weighted by molar-refractivity contribution is 5.87. The van der Waals surface area contributed by atoms with Gasteiger partial charge in [-0.1, -0.05) is 18.2 Å². The van der Waals surface area contributed by atoms with Crippen molar-refractivity contribution >= 4 is 5.97 Å². The van der Waals surface area contributed by atoms with E-state index in [0.717, 1.165) is 37.4 Å². The van der Waals surface area contributed by atoms with Gasteiger partial charge in [0.05, 0.1) is 5.56 Å². The fraction of sp³-hybridized carbons (Fsp3) is 0.400. The van der Waals surface area contributed by atoms with Crippen LogP contribution in [0.25, 0.3) is 0 Å². The van der Waals surface area contributed by atoms with Crippen molar-refractivity contribution in [2.75, 3.05) is 19.6 Å². The smallest absolute Gasteiger partial charge is 0.335 e. The SMILES string of the molecule is Cc1cccc(CCN2CCCC(c3ccc(C(=O)O)cc3)C2)n1. The van der Waals surface area contributed by atoms with Crippen molar-refractivity contribution in [2.45, 2.75) is 32.1 Å². The second-order valence-electron chi connectivity index (χ2n) is 6.59. The first-order valence-corrected chi connectivity index (χ1v) is 8.60. The van der Waals surface area contributed by atoms with Crippen LogP contribution < -0.4 is 0 Å². The first kappa shape index (κ1) is 16.7. The zero-order chi connectivity index (χ0) is 16.9. The van der Waals surface area contributed by atoms with Gasteiger partial charge in [-0.2, -0.15) is 0 Å². The lowest BCUT2D eigenvalue weighted by atomic mass is 9.90. The second-order valence-corrected chi connectivity index (χ2v) is 6.59. The van der Waals surface area contributed by atoms with Gasteiger partial charge >= 0.3 is 5.97 Å². The summed E-state index contributed by atoms with van der Waals surface area (Å²) in [5.41, 5.74) is 3.83. The summed E-state index contributed by atoms with van der Waals surface area (Å²) in [6, 6.07) is 13.6. The fourth-order valence-corrected chi connectivity index (χ4v) is 3.44. The van der Waals surface area contributed by atoms with E-state index < -0.39 is 5.97 Å². The molecule has 4 nitrogen and oxygen atoms in total. The zero-order valence-electron chi connectivity index (χ0n) is 14.1. The lowest BCUT2D eigenvalue weighted by Gasteiger charge is -2.33. The van der Waals surface area contributed by atoms with E-state index in [2.05, 4.69) is 22.0 Å². The number of hydrogen-bond donors (Lipinski definition) is 1. The molecular formula is C20H24N2O2. The molecule has 1 aliphatic heterocycles. The van der Waals surface area contributed by atoms with Gasteiger partial charge in [0.15, 0.2) is 0 Å². The predicted molar refractivity (Wildman–Crippen MR) is 94.5 cm³/mol. The fourth-order valence-electron chi connectivity index (χ4n) is 3.44. The summed E-state index contributed by atoms with van der Waals surface area (Å²) >= 11 is 0. The minimum absolute atomic E-state index is 0.358. The van der Waals surface area contributed by atoms with Crippen molar-refractivity contribution in [1.29, 1.82) is 0 Å². The van der Waals surface area contributed by atoms with Crippen LogP contribution in [0, 0.1) is 6.92 Å². The molecule has 2 heterocycles. The molecule has 0 radical (unpaired) electrons. The minimum atomic E-state index is -0.863. The molecule has 1 N–H and O–H groups in total. The molecular weight excluding hydrogens is 300 g/mol. The Morgan fingerprint density at radius 3 is 2.75 bits per heavy atom. The lowest BCUT2D eigenvalue weighted by Crippen LogP contribution is -2.35. The molecule has 24 heavy (non-hydrogen) atoms. The number of benzene rings is 1. The van der Waals surface area contributed by atoms with Gasteiger partial charge in [0.2, 0.25) is 0 Å². The van der Waals surface area contributed by atoms with E-state index in [4.69, 9.17) is 5.11 Å². The number of aryl methyl sites for hydroxylation is 1. The molecule has 1 aliphatic rings. The quantitative estimate of drug-likeness (QED) is 0.914. The maximum atomic E-state index is 11.0. The molecule has 0 spiro atoms. The summed E-state index contributed by atoms with van der Waals surface area (Å²) in [5.74, 6) is -0.371. The van der Waals surface area contributed by atoms with Crippen molar-refractivity contribution in [1.82, 2.24) is 9.88 Å². The Balaban J connectivity index is 1.58. The number of rotatable bonds is 5. The normalized spacial score (nSPS) is 18.5. The van der Waals surface area contributed by atoms with Crippen LogP contribution in [0.2, 0.25) is 0 Å². The number of nitrogens with zero attached hydrogens (tertiary/aromatic N) is 2. The molecule has 0 bridgehead atoms. The van der Waals surface area contributed by atoms with E-state index in [1.54, 1.807) is 12.1 Å². The molecule has 4 heteroatoms. The average molecular weight is 324 g/mol. The van der Waals surface area contributed by atoms with E-state index in [0.29, 0.717) is 11.5 Å². The number of carbonyl (C=O) groups is 1. The zero-order valence-corrected chi connectivity index (χ0v) is 14.1. The molecule has 0 aliphatic carbocycles. The molecule has 126 valence electrons. The summed E-state index contributed by atoms with van der Waals surface area (Å²) in [6.07, 6.45) is 3.34. The molecule has 1 unspecified atom stereocenters. The average Bonchev–Trinajstić information content (AvgIpc) is 2.60. The third kappa shape index (κ3) is 4.20. The first-order chi connectivity index (χ1) is 11.6. The maximum Gasteiger partial charge on any atom is 0.335 e. The number of likely N-dealkylation sites (tertiary alicyclic amines) is 1. The first-order valence-electron chi connectivity index (χ1n) is 8.60. The number of aromatic carboxylic acids is 1. The van der Waals surface area contributed by atoms with Crippen molar-refractivity contribution in [3.05, 3.63) is 65.0 Å². The summed E-state index contributed by atoms with van der Waals surface area (Å²) in [6.45, 7) is 5.23. The minimum Gasteiger partial charge on any atom is -0.478 e. The van der Waals surface area contributed by atoms with Crippen LogP contribution in [0.5, 0.6) is 0 Å². The second kappa shape index (κ2) is 7.58. The van der Waals surface area contributed by atoms with Gasteiger partial charge in [0.1, 0.15) is 0 Å². The molecule has 0 saturated carbocycles. The van der Waals surface area contributed by atoms with E-state index in [-0.39, 0.29) is 0 Å². The van der Waals surface area contributed by atoms with E-state index in [1.165, 1.54) is 18.4 Å². The van der Waals surface area contributed by atoms with Gasteiger partial charge < -0.3 is 10.0 Å². The molecule has 1 atom stereocenters. The summed E-state index contributed by atoms with van der Waals surface area (Å²) in [7, 11) is 0. The van der Waals surface area contributed by atoms with Crippen molar-refractivity contribution in [3.8, 4) is 0 Å². The van der Waals surface area contributed by atoms with Crippen LogP contribution >= 0.6 is 0 Å². The van der Waals surface area contributed by atoms with Crippen LogP contribution in [0.3, 0.4) is 0 Å². The Labute approximate surface area is 143 Å². The topological polar surface area (TPSA) is 53.4 Å². The highest BCUT2D eigenvalue weighted by Crippen LogP contribution is 2.27. The molecule has 2 aromatic rings. The molecule has 1 aromatic heterocycles. The molecule has 1 fully saturated rings. The van der Waals surface area contributed by atoms with E-state index in [9.17, 15) is 4.79 Å². The van der Waals surface area contributed by atoms with Gasteiger partial charge in [-0.15, -0.1) is 0 Å². The van der Waals surface area contributed by atoms with Gasteiger partial charge in [-0.25, -0.2) is 4.79 Å². The highest BCUT2D eigenvalue weighted by atomic mass is 16.4. The van der Waals surface area contributed by atoms with Crippen molar-refractivity contribution < 1.29 is 9.90 Å². The van der Waals surface area contributed by atoms with Gasteiger partial charge in [-0.3, -0.25) is 4.98 Å². The van der Waals surface area contributed by atoms with Gasteiger partial charge in [0, 0.05) is 30.9 Å². The van der Waals surface area contributed by atoms with Crippen LogP contribution in [-0.4, -0.2) is 40.6 Å². The maximum absolute atomic E-state index is 11.0. The molecule has 0 amide bonds. The summed E-state index contributed by atoms with van der Waals surface area (Å²) in [4.78, 5) is 18.1. The summed E-state index contributed by atoms with van der Waals surface area (Å²) in [5, 5.41) is 9.01. The van der Waals surface area contributed by atoms with E-state index in [1.807, 2.05) is 25.1 Å². The Hall–Kier alpha value is -2.20. The standard InChI is InChI=1S/C20H24N2O2/c1-15-4-2-6-19(21-15)11-13-22-12-3-5-18(14-22)16-7-9-17(10-8-16)20(23)24/h2,4,6-10,18H,3,5,11-14H2,1H3,(H,23,24). The van der Waals surface area contributed by atoms with Gasteiger partial charge in [0.25, 0.3) is 0 Å². The number of pyridine rings is 1.